The Morgan fingerprint density at radius 3 is 2.75 bits per heavy atom. The van der Waals surface area contributed by atoms with Gasteiger partial charge in [-0.05, 0) is 35.2 Å². The molecule has 0 nitrogen and oxygen atoms in total. The van der Waals surface area contributed by atoms with E-state index in [-0.39, 0.29) is 0 Å². The first kappa shape index (κ1) is 11.9. The van der Waals surface area contributed by atoms with Gasteiger partial charge in [0.25, 0.3) is 0 Å². The van der Waals surface area contributed by atoms with Crippen molar-refractivity contribution in [3.63, 3.8) is 0 Å². The fraction of sp³-hybridized carbons (Fsp3) is 0.286. The molecule has 81 valence electrons. The van der Waals surface area contributed by atoms with Crippen LogP contribution in [0, 0.1) is 0 Å². The summed E-state index contributed by atoms with van der Waals surface area (Å²) >= 11 is 3.67. The van der Waals surface area contributed by atoms with E-state index in [0.717, 1.165) is 6.42 Å². The summed E-state index contributed by atoms with van der Waals surface area (Å²) in [7, 11) is 3.79. The molecular formula is C14H14BrSi. The van der Waals surface area contributed by atoms with Crippen molar-refractivity contribution in [2.75, 3.05) is 0 Å². The number of rotatable bonds is 3. The molecule has 2 aromatic carbocycles. The van der Waals surface area contributed by atoms with Crippen LogP contribution in [0.4, 0.5) is 0 Å². The van der Waals surface area contributed by atoms with Crippen LogP contribution in [0.1, 0.15) is 25.3 Å². The second-order valence-corrected chi connectivity index (χ2v) is 5.39. The van der Waals surface area contributed by atoms with Crippen LogP contribution >= 0.6 is 15.9 Å². The van der Waals surface area contributed by atoms with E-state index >= 15 is 0 Å². The minimum absolute atomic E-state index is 1.13. The minimum Gasteiger partial charge on any atom is -0.0654 e. The van der Waals surface area contributed by atoms with Crippen molar-refractivity contribution in [1.29, 1.82) is 0 Å². The van der Waals surface area contributed by atoms with Crippen molar-refractivity contribution in [3.8, 4) is 0 Å². The summed E-state index contributed by atoms with van der Waals surface area (Å²) in [5, 5.41) is 3.81. The molecule has 2 heteroatoms. The van der Waals surface area contributed by atoms with Gasteiger partial charge in [0.1, 0.15) is 0 Å². The first-order valence-electron chi connectivity index (χ1n) is 5.65. The van der Waals surface area contributed by atoms with E-state index in [1.165, 1.54) is 38.8 Å². The van der Waals surface area contributed by atoms with E-state index in [2.05, 4.69) is 63.4 Å². The standard InChI is InChI=1S/C14H14BrSi/c1-2-3-7-12-13(15)9-10-6-4-5-8-11(10)14(12)16/h4-6,8-9H,2-3,7H2,1H3. The maximum atomic E-state index is 3.79. The van der Waals surface area contributed by atoms with E-state index in [1.54, 1.807) is 0 Å². The highest BCUT2D eigenvalue weighted by Gasteiger charge is 2.07. The minimum atomic E-state index is 1.13. The lowest BCUT2D eigenvalue weighted by Gasteiger charge is -2.11. The third kappa shape index (κ3) is 2.23. The van der Waals surface area contributed by atoms with Crippen molar-refractivity contribution in [1.82, 2.24) is 0 Å². The molecule has 0 fully saturated rings. The molecule has 2 aromatic rings. The van der Waals surface area contributed by atoms with Crippen molar-refractivity contribution in [2.24, 2.45) is 0 Å². The maximum absolute atomic E-state index is 3.79. The Morgan fingerprint density at radius 1 is 1.25 bits per heavy atom. The lowest BCUT2D eigenvalue weighted by atomic mass is 10.0. The van der Waals surface area contributed by atoms with Crippen LogP contribution in [0.3, 0.4) is 0 Å². The predicted molar refractivity (Wildman–Crippen MR) is 75.6 cm³/mol. The Balaban J connectivity index is 2.56. The van der Waals surface area contributed by atoms with Crippen LogP contribution in [-0.4, -0.2) is 10.2 Å². The SMILES string of the molecule is CCCCc1c(Br)cc2ccccc2c1[Si]. The van der Waals surface area contributed by atoms with Crippen LogP contribution in [0.15, 0.2) is 34.8 Å². The first-order chi connectivity index (χ1) is 7.74. The van der Waals surface area contributed by atoms with Gasteiger partial charge in [0.15, 0.2) is 0 Å². The van der Waals surface area contributed by atoms with Crippen molar-refractivity contribution in [3.05, 3.63) is 40.4 Å². The molecule has 0 aliphatic heterocycles. The van der Waals surface area contributed by atoms with Gasteiger partial charge in [-0.2, -0.15) is 0 Å². The molecule has 0 saturated heterocycles. The third-order valence-electron chi connectivity index (χ3n) is 2.88. The number of benzene rings is 2. The first-order valence-corrected chi connectivity index (χ1v) is 6.95. The molecule has 0 aliphatic carbocycles. The monoisotopic (exact) mass is 289 g/mol. The predicted octanol–water partition coefficient (Wildman–Crippen LogP) is 3.74. The number of hydrogen-bond donors (Lipinski definition) is 0. The quantitative estimate of drug-likeness (QED) is 0.755. The van der Waals surface area contributed by atoms with Gasteiger partial charge in [-0.1, -0.05) is 58.7 Å². The maximum Gasteiger partial charge on any atom is 0.0725 e. The molecule has 0 saturated carbocycles. The number of hydrogen-bond acceptors (Lipinski definition) is 0. The molecule has 0 heterocycles. The molecule has 0 bridgehead atoms. The second-order valence-electron chi connectivity index (χ2n) is 4.04. The molecule has 3 radical (unpaired) electrons. The smallest absolute Gasteiger partial charge is 0.0654 e. The third-order valence-corrected chi connectivity index (χ3v) is 4.16. The Bertz CT molecular complexity index is 505. The molecule has 0 N–H and O–H groups in total. The highest BCUT2D eigenvalue weighted by molar-refractivity contribution is 9.10. The molecule has 2 rings (SSSR count). The molecule has 0 unspecified atom stereocenters. The van der Waals surface area contributed by atoms with Gasteiger partial charge < -0.3 is 0 Å². The van der Waals surface area contributed by atoms with Crippen molar-refractivity contribution in [2.45, 2.75) is 26.2 Å². The zero-order chi connectivity index (χ0) is 11.5. The Kier molecular flexibility index (Phi) is 3.82. The molecule has 0 spiro atoms. The molecule has 0 aliphatic rings. The van der Waals surface area contributed by atoms with E-state index in [0.29, 0.717) is 0 Å². The lowest BCUT2D eigenvalue weighted by Crippen LogP contribution is -2.12. The van der Waals surface area contributed by atoms with E-state index in [9.17, 15) is 0 Å². The zero-order valence-electron chi connectivity index (χ0n) is 9.39. The Morgan fingerprint density at radius 2 is 2.00 bits per heavy atom. The largest absolute Gasteiger partial charge is 0.0725 e. The highest BCUT2D eigenvalue weighted by atomic mass is 79.9. The topological polar surface area (TPSA) is 0 Å². The van der Waals surface area contributed by atoms with Crippen LogP contribution in [0.25, 0.3) is 10.8 Å². The zero-order valence-corrected chi connectivity index (χ0v) is 12.0. The molecule has 0 atom stereocenters. The van der Waals surface area contributed by atoms with Gasteiger partial charge in [-0.25, -0.2) is 0 Å². The van der Waals surface area contributed by atoms with E-state index < -0.39 is 0 Å². The van der Waals surface area contributed by atoms with Crippen molar-refractivity contribution >= 4 is 42.1 Å². The van der Waals surface area contributed by atoms with Crippen molar-refractivity contribution < 1.29 is 0 Å². The van der Waals surface area contributed by atoms with Crippen LogP contribution in [-0.2, 0) is 6.42 Å². The number of halogens is 1. The molecular weight excluding hydrogens is 276 g/mol. The van der Waals surface area contributed by atoms with Crippen LogP contribution < -0.4 is 5.19 Å². The van der Waals surface area contributed by atoms with Gasteiger partial charge in [0, 0.05) is 4.47 Å². The van der Waals surface area contributed by atoms with Gasteiger partial charge in [0.05, 0.1) is 10.2 Å². The molecule has 0 amide bonds. The number of fused-ring (bicyclic) bond motifs is 1. The summed E-state index contributed by atoms with van der Waals surface area (Å²) in [6, 6.07) is 10.7. The Labute approximate surface area is 109 Å². The summed E-state index contributed by atoms with van der Waals surface area (Å²) < 4.78 is 1.21. The number of unbranched alkanes of at least 4 members (excludes halogenated alkanes) is 1. The second kappa shape index (κ2) is 5.15. The Hall–Kier alpha value is -0.603. The lowest BCUT2D eigenvalue weighted by molar-refractivity contribution is 0.796. The van der Waals surface area contributed by atoms with Crippen LogP contribution in [0.5, 0.6) is 0 Å². The fourth-order valence-electron chi connectivity index (χ4n) is 1.95. The average molecular weight is 290 g/mol. The highest BCUT2D eigenvalue weighted by Crippen LogP contribution is 2.23. The van der Waals surface area contributed by atoms with E-state index in [4.69, 9.17) is 0 Å². The van der Waals surface area contributed by atoms with Crippen LogP contribution in [0.2, 0.25) is 0 Å². The summed E-state index contributed by atoms with van der Waals surface area (Å²) in [5.41, 5.74) is 1.39. The van der Waals surface area contributed by atoms with Gasteiger partial charge in [-0.3, -0.25) is 0 Å². The average Bonchev–Trinajstić information content (AvgIpc) is 2.29. The van der Waals surface area contributed by atoms with Gasteiger partial charge in [0.2, 0.25) is 0 Å². The fourth-order valence-corrected chi connectivity index (χ4v) is 3.27. The normalized spacial score (nSPS) is 10.9. The molecule has 16 heavy (non-hydrogen) atoms. The van der Waals surface area contributed by atoms with Gasteiger partial charge in [-0.15, -0.1) is 0 Å². The summed E-state index contributed by atoms with van der Waals surface area (Å²) in [5.74, 6) is 0. The molecule has 0 aromatic heterocycles. The van der Waals surface area contributed by atoms with Gasteiger partial charge >= 0.3 is 0 Å². The summed E-state index contributed by atoms with van der Waals surface area (Å²) in [6.07, 6.45) is 3.58. The van der Waals surface area contributed by atoms with E-state index in [1.807, 2.05) is 0 Å². The summed E-state index contributed by atoms with van der Waals surface area (Å²) in [4.78, 5) is 0. The summed E-state index contributed by atoms with van der Waals surface area (Å²) in [6.45, 7) is 2.22.